The number of fused-ring (bicyclic) bond motifs is 1. The molecule has 0 saturated heterocycles. The number of aryl methyl sites for hydroxylation is 1. The van der Waals surface area contributed by atoms with Crippen LogP contribution in [0.1, 0.15) is 25.2 Å². The first-order chi connectivity index (χ1) is 6.79. The van der Waals surface area contributed by atoms with E-state index in [1.54, 1.807) is 0 Å². The Hall–Kier alpha value is -1.35. The van der Waals surface area contributed by atoms with Crippen molar-refractivity contribution in [1.29, 1.82) is 0 Å². The van der Waals surface area contributed by atoms with Crippen LogP contribution in [0.5, 0.6) is 0 Å². The van der Waals surface area contributed by atoms with Crippen molar-refractivity contribution in [2.24, 2.45) is 0 Å². The Morgan fingerprint density at radius 1 is 1.36 bits per heavy atom. The zero-order chi connectivity index (χ0) is 10.6. The van der Waals surface area contributed by atoms with Crippen LogP contribution in [0.15, 0.2) is 18.2 Å². The van der Waals surface area contributed by atoms with Crippen molar-refractivity contribution in [2.75, 3.05) is 0 Å². The number of aliphatic hydroxyl groups is 1. The Morgan fingerprint density at radius 3 is 2.71 bits per heavy atom. The van der Waals surface area contributed by atoms with Gasteiger partial charge in [0.25, 0.3) is 0 Å². The molecule has 2 aromatic rings. The molecular formula is C11H16N2O. The number of aromatic nitrogens is 2. The third kappa shape index (κ3) is 2.12. The molecule has 0 bridgehead atoms. The maximum atomic E-state index is 8.87. The highest BCUT2D eigenvalue weighted by Crippen LogP contribution is 2.12. The van der Waals surface area contributed by atoms with E-state index in [1.807, 2.05) is 39.0 Å². The number of benzene rings is 1. The molecule has 3 heteroatoms. The van der Waals surface area contributed by atoms with Crippen LogP contribution in [0.2, 0.25) is 0 Å². The van der Waals surface area contributed by atoms with Crippen LogP contribution in [0, 0.1) is 6.92 Å². The van der Waals surface area contributed by atoms with Crippen LogP contribution in [0.25, 0.3) is 11.0 Å². The molecule has 0 saturated carbocycles. The summed E-state index contributed by atoms with van der Waals surface area (Å²) in [7, 11) is 0. The lowest BCUT2D eigenvalue weighted by atomic mass is 10.2. The highest BCUT2D eigenvalue weighted by Gasteiger charge is 1.98. The maximum absolute atomic E-state index is 8.87. The van der Waals surface area contributed by atoms with Gasteiger partial charge < -0.3 is 10.1 Å². The smallest absolute Gasteiger partial charge is 0.104 e. The highest BCUT2D eigenvalue weighted by atomic mass is 16.3. The van der Waals surface area contributed by atoms with Gasteiger partial charge in [0, 0.05) is 0 Å². The van der Waals surface area contributed by atoms with Gasteiger partial charge in [0.05, 0.1) is 17.6 Å². The number of aromatic amines is 1. The van der Waals surface area contributed by atoms with Crippen molar-refractivity contribution in [2.45, 2.75) is 27.4 Å². The van der Waals surface area contributed by atoms with E-state index in [-0.39, 0.29) is 6.61 Å². The molecule has 0 spiro atoms. The lowest BCUT2D eigenvalue weighted by Gasteiger charge is -1.93. The monoisotopic (exact) mass is 192 g/mol. The van der Waals surface area contributed by atoms with Gasteiger partial charge in [-0.25, -0.2) is 4.98 Å². The first-order valence-corrected chi connectivity index (χ1v) is 4.86. The van der Waals surface area contributed by atoms with Crippen molar-refractivity contribution in [1.82, 2.24) is 9.97 Å². The van der Waals surface area contributed by atoms with E-state index in [0.29, 0.717) is 0 Å². The molecule has 14 heavy (non-hydrogen) atoms. The molecule has 1 aromatic heterocycles. The van der Waals surface area contributed by atoms with Crippen LogP contribution in [-0.2, 0) is 6.61 Å². The average Bonchev–Trinajstić information content (AvgIpc) is 2.59. The number of H-pyrrole nitrogens is 1. The summed E-state index contributed by atoms with van der Waals surface area (Å²) in [5, 5.41) is 8.87. The molecule has 1 heterocycles. The van der Waals surface area contributed by atoms with Crippen molar-refractivity contribution >= 4 is 11.0 Å². The van der Waals surface area contributed by atoms with Crippen molar-refractivity contribution in [3.05, 3.63) is 29.6 Å². The van der Waals surface area contributed by atoms with Crippen molar-refractivity contribution < 1.29 is 5.11 Å². The van der Waals surface area contributed by atoms with Gasteiger partial charge in [-0.2, -0.15) is 0 Å². The topological polar surface area (TPSA) is 48.9 Å². The van der Waals surface area contributed by atoms with E-state index in [9.17, 15) is 0 Å². The Labute approximate surface area is 83.8 Å². The molecule has 2 rings (SSSR count). The molecule has 0 aliphatic rings. The molecule has 2 N–H and O–H groups in total. The van der Waals surface area contributed by atoms with E-state index in [2.05, 4.69) is 9.97 Å². The molecule has 76 valence electrons. The zero-order valence-electron chi connectivity index (χ0n) is 8.83. The third-order valence-corrected chi connectivity index (χ3v) is 1.85. The fraction of sp³-hybridized carbons (Fsp3) is 0.364. The van der Waals surface area contributed by atoms with Crippen LogP contribution in [-0.4, -0.2) is 15.1 Å². The molecule has 0 atom stereocenters. The van der Waals surface area contributed by atoms with Gasteiger partial charge in [0.2, 0.25) is 0 Å². The number of nitrogens with zero attached hydrogens (tertiary/aromatic N) is 1. The van der Waals surface area contributed by atoms with Crippen LogP contribution >= 0.6 is 0 Å². The summed E-state index contributed by atoms with van der Waals surface area (Å²) in [5.74, 6) is 0.903. The molecule has 0 unspecified atom stereocenters. The fourth-order valence-electron chi connectivity index (χ4n) is 1.28. The molecule has 0 aliphatic heterocycles. The quantitative estimate of drug-likeness (QED) is 0.728. The highest BCUT2D eigenvalue weighted by molar-refractivity contribution is 5.75. The summed E-state index contributed by atoms with van der Waals surface area (Å²) < 4.78 is 0. The predicted octanol–water partition coefficient (Wildman–Crippen LogP) is 2.39. The van der Waals surface area contributed by atoms with E-state index >= 15 is 0 Å². The second-order valence-corrected chi connectivity index (χ2v) is 2.83. The average molecular weight is 192 g/mol. The first kappa shape index (κ1) is 10.7. The van der Waals surface area contributed by atoms with E-state index < -0.39 is 0 Å². The molecular weight excluding hydrogens is 176 g/mol. The van der Waals surface area contributed by atoms with Crippen molar-refractivity contribution in [3.8, 4) is 0 Å². The molecule has 1 aromatic carbocycles. The van der Waals surface area contributed by atoms with Crippen LogP contribution in [0.3, 0.4) is 0 Å². The SMILES string of the molecule is CC.Cc1nc2ccc(CO)cc2[nH]1. The first-order valence-electron chi connectivity index (χ1n) is 4.86. The van der Waals surface area contributed by atoms with Crippen LogP contribution in [0.4, 0.5) is 0 Å². The third-order valence-electron chi connectivity index (χ3n) is 1.85. The second-order valence-electron chi connectivity index (χ2n) is 2.83. The number of imidazole rings is 1. The summed E-state index contributed by atoms with van der Waals surface area (Å²) in [4.78, 5) is 7.36. The largest absolute Gasteiger partial charge is 0.392 e. The summed E-state index contributed by atoms with van der Waals surface area (Å²) in [6.45, 7) is 5.99. The minimum atomic E-state index is 0.0774. The summed E-state index contributed by atoms with van der Waals surface area (Å²) in [6.07, 6.45) is 0. The summed E-state index contributed by atoms with van der Waals surface area (Å²) in [5.41, 5.74) is 2.84. The minimum absolute atomic E-state index is 0.0774. The molecule has 0 aliphatic carbocycles. The van der Waals surface area contributed by atoms with Gasteiger partial charge in [0.1, 0.15) is 5.82 Å². The molecule has 0 radical (unpaired) electrons. The van der Waals surface area contributed by atoms with Crippen molar-refractivity contribution in [3.63, 3.8) is 0 Å². The van der Waals surface area contributed by atoms with E-state index in [4.69, 9.17) is 5.11 Å². The molecule has 0 fully saturated rings. The lowest BCUT2D eigenvalue weighted by molar-refractivity contribution is 0.282. The number of hydrogen-bond donors (Lipinski definition) is 2. The number of rotatable bonds is 1. The molecule has 0 amide bonds. The van der Waals surface area contributed by atoms with Gasteiger partial charge in [-0.15, -0.1) is 0 Å². The van der Waals surface area contributed by atoms with Gasteiger partial charge >= 0.3 is 0 Å². The Bertz CT molecular complexity index is 407. The van der Waals surface area contributed by atoms with E-state index in [1.165, 1.54) is 0 Å². The maximum Gasteiger partial charge on any atom is 0.104 e. The summed E-state index contributed by atoms with van der Waals surface area (Å²) >= 11 is 0. The molecule has 3 nitrogen and oxygen atoms in total. The van der Waals surface area contributed by atoms with Gasteiger partial charge in [-0.1, -0.05) is 19.9 Å². The Morgan fingerprint density at radius 2 is 2.07 bits per heavy atom. The number of aliphatic hydroxyl groups excluding tert-OH is 1. The Balaban J connectivity index is 0.000000461. The minimum Gasteiger partial charge on any atom is -0.392 e. The zero-order valence-corrected chi connectivity index (χ0v) is 8.83. The predicted molar refractivity (Wildman–Crippen MR) is 58.1 cm³/mol. The standard InChI is InChI=1S/C9H10N2O.C2H6/c1-6-10-8-3-2-7(5-12)4-9(8)11-6;1-2/h2-4,12H,5H2,1H3,(H,10,11);1-2H3. The van der Waals surface area contributed by atoms with Crippen LogP contribution < -0.4 is 0 Å². The van der Waals surface area contributed by atoms with Gasteiger partial charge in [0.15, 0.2) is 0 Å². The normalized spacial score (nSPS) is 9.71. The lowest BCUT2D eigenvalue weighted by Crippen LogP contribution is -1.81. The van der Waals surface area contributed by atoms with Gasteiger partial charge in [-0.05, 0) is 24.6 Å². The summed E-state index contributed by atoms with van der Waals surface area (Å²) in [6, 6.07) is 5.70. The fourth-order valence-corrected chi connectivity index (χ4v) is 1.28. The second kappa shape index (κ2) is 4.77. The van der Waals surface area contributed by atoms with E-state index in [0.717, 1.165) is 22.4 Å². The number of hydrogen-bond acceptors (Lipinski definition) is 2. The number of nitrogens with one attached hydrogen (secondary N) is 1. The Kier molecular flexibility index (Phi) is 3.65. The van der Waals surface area contributed by atoms with Gasteiger partial charge in [-0.3, -0.25) is 0 Å².